The molecule has 1 spiro atoms. The minimum atomic E-state index is -3.54. The fourth-order valence-corrected chi connectivity index (χ4v) is 15.9. The van der Waals surface area contributed by atoms with Gasteiger partial charge in [-0.3, -0.25) is 0 Å². The molecule has 0 bridgehead atoms. The molecule has 0 amide bonds. The van der Waals surface area contributed by atoms with Crippen molar-refractivity contribution in [1.82, 2.24) is 4.57 Å². The molecule has 5 heteroatoms. The van der Waals surface area contributed by atoms with Crippen LogP contribution in [0.4, 0.5) is 17.1 Å². The van der Waals surface area contributed by atoms with E-state index in [4.69, 9.17) is 0 Å². The van der Waals surface area contributed by atoms with Crippen molar-refractivity contribution in [2.24, 2.45) is 0 Å². The first-order chi connectivity index (χ1) is 32.6. The van der Waals surface area contributed by atoms with Crippen molar-refractivity contribution < 1.29 is 4.57 Å². The van der Waals surface area contributed by atoms with E-state index in [2.05, 4.69) is 228 Å². The molecule has 310 valence electrons. The van der Waals surface area contributed by atoms with Gasteiger partial charge in [0.25, 0.3) is 0 Å². The third-order valence-corrected chi connectivity index (χ3v) is 18.6. The first-order valence-electron chi connectivity index (χ1n) is 22.5. The second-order valence-corrected chi connectivity index (χ2v) is 21.2. The SMILES string of the molecule is O=P1(c2ccccc2)c2ccccc2C2(c3ccccc3-n3c4ccccc4c4cccc2c43)c2ccc(N(c3ccc(-c4ccccc4)cc3)c3cccc4c3sc3ccccc34)cc21. The molecule has 66 heavy (non-hydrogen) atoms. The van der Waals surface area contributed by atoms with E-state index in [-0.39, 0.29) is 0 Å². The monoisotopic (exact) mass is 878 g/mol. The number of thiophene rings is 1. The highest BCUT2D eigenvalue weighted by molar-refractivity contribution is 7.85. The van der Waals surface area contributed by atoms with E-state index < -0.39 is 12.6 Å². The first-order valence-corrected chi connectivity index (χ1v) is 25.1. The zero-order valence-electron chi connectivity index (χ0n) is 35.7. The second-order valence-electron chi connectivity index (χ2n) is 17.5. The van der Waals surface area contributed by atoms with E-state index in [9.17, 15) is 0 Å². The predicted octanol–water partition coefficient (Wildman–Crippen LogP) is 14.9. The topological polar surface area (TPSA) is 25.2 Å². The Bertz CT molecular complexity index is 3980. The zero-order valence-corrected chi connectivity index (χ0v) is 37.4. The van der Waals surface area contributed by atoms with E-state index in [1.54, 1.807) is 0 Å². The number of aromatic nitrogens is 1. The van der Waals surface area contributed by atoms with Gasteiger partial charge in [-0.2, -0.15) is 0 Å². The summed E-state index contributed by atoms with van der Waals surface area (Å²) in [5, 5.41) is 7.47. The summed E-state index contributed by atoms with van der Waals surface area (Å²) in [6.07, 6.45) is 0. The van der Waals surface area contributed by atoms with Crippen LogP contribution in [0, 0.1) is 0 Å². The second kappa shape index (κ2) is 14.1. The Kier molecular flexibility index (Phi) is 8.05. The van der Waals surface area contributed by atoms with Crippen LogP contribution in [0.5, 0.6) is 0 Å². The van der Waals surface area contributed by atoms with E-state index in [0.717, 1.165) is 55.4 Å². The number of anilines is 3. The van der Waals surface area contributed by atoms with Crippen LogP contribution < -0.4 is 20.8 Å². The van der Waals surface area contributed by atoms with Gasteiger partial charge in [-0.15, -0.1) is 11.3 Å². The highest BCUT2D eigenvalue weighted by Crippen LogP contribution is 2.61. The quantitative estimate of drug-likeness (QED) is 0.161. The van der Waals surface area contributed by atoms with E-state index >= 15 is 4.57 Å². The summed E-state index contributed by atoms with van der Waals surface area (Å²) >= 11 is 1.83. The Morgan fingerprint density at radius 1 is 0.439 bits per heavy atom. The molecule has 0 radical (unpaired) electrons. The van der Waals surface area contributed by atoms with Gasteiger partial charge in [-0.1, -0.05) is 188 Å². The van der Waals surface area contributed by atoms with Crippen molar-refractivity contribution in [1.29, 1.82) is 0 Å². The van der Waals surface area contributed by atoms with Gasteiger partial charge in [0.1, 0.15) is 0 Å². The predicted molar refractivity (Wildman–Crippen MR) is 279 cm³/mol. The molecule has 12 aromatic rings. The summed E-state index contributed by atoms with van der Waals surface area (Å²) < 4.78 is 22.1. The molecular formula is C61H39N2OPS. The maximum atomic E-state index is 17.2. The molecule has 4 heterocycles. The summed E-state index contributed by atoms with van der Waals surface area (Å²) in [4.78, 5) is 2.39. The van der Waals surface area contributed by atoms with Crippen molar-refractivity contribution in [2.75, 3.05) is 4.90 Å². The molecule has 10 aromatic carbocycles. The fourth-order valence-electron chi connectivity index (χ4n) is 11.5. The van der Waals surface area contributed by atoms with Gasteiger partial charge in [0, 0.05) is 53.5 Å². The molecule has 0 saturated carbocycles. The van der Waals surface area contributed by atoms with Crippen LogP contribution >= 0.6 is 18.5 Å². The zero-order chi connectivity index (χ0) is 43.6. The molecular weight excluding hydrogens is 840 g/mol. The van der Waals surface area contributed by atoms with Crippen LogP contribution in [-0.4, -0.2) is 4.57 Å². The van der Waals surface area contributed by atoms with Gasteiger partial charge >= 0.3 is 0 Å². The Labute approximate surface area is 386 Å². The first kappa shape index (κ1) is 37.6. The highest BCUT2D eigenvalue weighted by atomic mass is 32.1. The molecule has 0 saturated heterocycles. The molecule has 2 aliphatic rings. The van der Waals surface area contributed by atoms with E-state index in [0.29, 0.717) is 0 Å². The lowest BCUT2D eigenvalue weighted by Crippen LogP contribution is -2.48. The normalized spacial score (nSPS) is 17.0. The van der Waals surface area contributed by atoms with Crippen LogP contribution in [0.15, 0.2) is 237 Å². The van der Waals surface area contributed by atoms with Crippen molar-refractivity contribution in [3.8, 4) is 16.8 Å². The Morgan fingerprint density at radius 2 is 1.05 bits per heavy atom. The molecule has 0 N–H and O–H groups in total. The van der Waals surface area contributed by atoms with Gasteiger partial charge in [0.2, 0.25) is 0 Å². The average Bonchev–Trinajstić information content (AvgIpc) is 3.95. The maximum Gasteiger partial charge on any atom is 0.171 e. The third-order valence-electron chi connectivity index (χ3n) is 14.3. The number of fused-ring (bicyclic) bond motifs is 14. The summed E-state index contributed by atoms with van der Waals surface area (Å²) in [5.74, 6) is 0. The molecule has 0 fully saturated rings. The maximum absolute atomic E-state index is 17.2. The summed E-state index contributed by atoms with van der Waals surface area (Å²) in [5.41, 5.74) is 12.6. The molecule has 0 aliphatic carbocycles. The van der Waals surface area contributed by atoms with Crippen LogP contribution in [0.25, 0.3) is 58.8 Å². The van der Waals surface area contributed by atoms with Gasteiger partial charge < -0.3 is 14.0 Å². The molecule has 2 unspecified atom stereocenters. The molecule has 2 atom stereocenters. The lowest BCUT2D eigenvalue weighted by molar-refractivity contribution is 0.590. The number of para-hydroxylation sites is 3. The van der Waals surface area contributed by atoms with Crippen molar-refractivity contribution >= 4 is 93.4 Å². The Hall–Kier alpha value is -7.75. The van der Waals surface area contributed by atoms with Gasteiger partial charge in [0.05, 0.1) is 32.5 Å². The molecule has 2 aromatic heterocycles. The van der Waals surface area contributed by atoms with Gasteiger partial charge in [-0.25, -0.2) is 0 Å². The van der Waals surface area contributed by atoms with Crippen LogP contribution in [0.1, 0.15) is 22.3 Å². The lowest BCUT2D eigenvalue weighted by Gasteiger charge is -2.47. The smallest absolute Gasteiger partial charge is 0.171 e. The number of hydrogen-bond acceptors (Lipinski definition) is 3. The Balaban J connectivity index is 1.11. The molecule has 3 nitrogen and oxygen atoms in total. The number of benzene rings is 10. The molecule has 14 rings (SSSR count). The number of hydrogen-bond donors (Lipinski definition) is 0. The van der Waals surface area contributed by atoms with Crippen LogP contribution in [-0.2, 0) is 9.98 Å². The van der Waals surface area contributed by atoms with Gasteiger partial charge in [-0.05, 0) is 81.9 Å². The average molecular weight is 879 g/mol. The Morgan fingerprint density at radius 3 is 1.89 bits per heavy atom. The van der Waals surface area contributed by atoms with E-state index in [1.807, 2.05) is 29.5 Å². The summed E-state index contributed by atoms with van der Waals surface area (Å²) in [7, 11) is -3.54. The van der Waals surface area contributed by atoms with Crippen molar-refractivity contribution in [3.05, 3.63) is 259 Å². The fraction of sp³-hybridized carbons (Fsp3) is 0.0164. The van der Waals surface area contributed by atoms with Crippen LogP contribution in [0.3, 0.4) is 0 Å². The number of nitrogens with zero attached hydrogens (tertiary/aromatic N) is 2. The summed E-state index contributed by atoms with van der Waals surface area (Å²) in [6.45, 7) is 0. The van der Waals surface area contributed by atoms with E-state index in [1.165, 1.54) is 58.7 Å². The minimum Gasteiger partial charge on any atom is -0.309 e. The minimum absolute atomic E-state index is 0.790. The third kappa shape index (κ3) is 5.00. The van der Waals surface area contributed by atoms with Crippen molar-refractivity contribution in [3.63, 3.8) is 0 Å². The lowest BCUT2D eigenvalue weighted by atomic mass is 9.62. The number of rotatable bonds is 5. The standard InChI is InChI=1S/C61H39N2OPS/c64-65(44-19-5-2-6-20-44)56-31-13-10-26-50(56)61(49-25-9-12-29-54(49)63-53-28-11-7-21-45(53)47-23-15-27-52(61)59(47)63)51-38-37-43(39-57(51)65)62(42-35-33-41(34-36-42)40-17-3-1-4-18-40)55-30-16-24-48-46-22-8-14-32-58(46)66-60(48)55/h1-39H. The molecule has 2 aliphatic heterocycles. The largest absolute Gasteiger partial charge is 0.309 e. The van der Waals surface area contributed by atoms with Gasteiger partial charge in [0.15, 0.2) is 7.14 Å². The van der Waals surface area contributed by atoms with Crippen molar-refractivity contribution in [2.45, 2.75) is 5.41 Å². The highest BCUT2D eigenvalue weighted by Gasteiger charge is 2.54. The summed E-state index contributed by atoms with van der Waals surface area (Å²) in [6, 6.07) is 85.0. The van der Waals surface area contributed by atoms with Crippen LogP contribution in [0.2, 0.25) is 0 Å².